The largest absolute Gasteiger partial charge is 0.474 e. The molecule has 0 aromatic heterocycles. The molecular formula is C23H20ClN3O5S. The molecular weight excluding hydrogens is 466 g/mol. The molecule has 1 atom stereocenters. The maximum Gasteiger partial charge on any atom is 0.294 e. The van der Waals surface area contributed by atoms with Gasteiger partial charge < -0.3 is 20.1 Å². The molecule has 0 aliphatic carbocycles. The van der Waals surface area contributed by atoms with Gasteiger partial charge in [-0.25, -0.2) is 13.6 Å². The lowest BCUT2D eigenvalue weighted by atomic mass is 10.0. The number of nitrogens with two attached hydrogens (primary N) is 1. The molecule has 10 heteroatoms. The monoisotopic (exact) mass is 485 g/mol. The smallest absolute Gasteiger partial charge is 0.294 e. The number of carbonyl (C=O) groups excluding carboxylic acids is 1. The third kappa shape index (κ3) is 4.95. The number of anilines is 2. The minimum absolute atomic E-state index is 0.105. The summed E-state index contributed by atoms with van der Waals surface area (Å²) >= 11 is 5.73. The molecule has 1 aliphatic heterocycles. The number of benzene rings is 3. The van der Waals surface area contributed by atoms with Gasteiger partial charge >= 0.3 is 0 Å². The zero-order chi connectivity index (χ0) is 23.5. The molecule has 1 unspecified atom stereocenters. The van der Waals surface area contributed by atoms with Crippen molar-refractivity contribution in [2.24, 2.45) is 5.14 Å². The summed E-state index contributed by atoms with van der Waals surface area (Å²) < 4.78 is 35.0. The van der Waals surface area contributed by atoms with Gasteiger partial charge in [0.1, 0.15) is 0 Å². The topological polar surface area (TPSA) is 120 Å². The summed E-state index contributed by atoms with van der Waals surface area (Å²) in [5.74, 6) is 0.0357. The van der Waals surface area contributed by atoms with E-state index in [4.69, 9.17) is 26.2 Å². The number of sulfonamides is 1. The fourth-order valence-electron chi connectivity index (χ4n) is 3.30. The van der Waals surface area contributed by atoms with Crippen molar-refractivity contribution in [2.75, 3.05) is 16.7 Å². The van der Waals surface area contributed by atoms with Crippen LogP contribution in [0.25, 0.3) is 6.08 Å². The first-order valence-corrected chi connectivity index (χ1v) is 11.9. The minimum Gasteiger partial charge on any atom is -0.474 e. The number of carbonyl (C=O) groups is 1. The fraction of sp³-hybridized carbons (Fsp3) is 0.0870. The van der Waals surface area contributed by atoms with E-state index >= 15 is 0 Å². The molecule has 0 fully saturated rings. The summed E-state index contributed by atoms with van der Waals surface area (Å²) in [5.41, 5.74) is 0.0848. The summed E-state index contributed by atoms with van der Waals surface area (Å²) in [7, 11) is -3.94. The number of primary sulfonamides is 1. The van der Waals surface area contributed by atoms with Crippen LogP contribution in [0, 0.1) is 0 Å². The Morgan fingerprint density at radius 3 is 2.52 bits per heavy atom. The molecule has 0 bridgehead atoms. The van der Waals surface area contributed by atoms with E-state index in [1.54, 1.807) is 42.5 Å². The first-order valence-electron chi connectivity index (χ1n) is 9.78. The Morgan fingerprint density at radius 2 is 1.76 bits per heavy atom. The Morgan fingerprint density at radius 1 is 1.03 bits per heavy atom. The van der Waals surface area contributed by atoms with E-state index in [0.717, 1.165) is 5.56 Å². The van der Waals surface area contributed by atoms with E-state index in [0.29, 0.717) is 11.4 Å². The highest BCUT2D eigenvalue weighted by atomic mass is 35.5. The number of para-hydroxylation sites is 3. The van der Waals surface area contributed by atoms with Crippen molar-refractivity contribution in [3.63, 3.8) is 0 Å². The number of amides is 1. The third-order valence-corrected chi connectivity index (χ3v) is 5.89. The molecule has 1 heterocycles. The zero-order valence-corrected chi connectivity index (χ0v) is 18.8. The van der Waals surface area contributed by atoms with Crippen LogP contribution in [0.15, 0.2) is 83.8 Å². The van der Waals surface area contributed by atoms with Crippen LogP contribution in [0.2, 0.25) is 0 Å². The molecule has 3 aromatic carbocycles. The van der Waals surface area contributed by atoms with E-state index in [2.05, 4.69) is 10.6 Å². The van der Waals surface area contributed by atoms with Gasteiger partial charge in [0.05, 0.1) is 4.90 Å². The summed E-state index contributed by atoms with van der Waals surface area (Å²) in [6.45, 7) is 0. The van der Waals surface area contributed by atoms with Gasteiger partial charge in [0, 0.05) is 11.4 Å². The molecule has 4 N–H and O–H groups in total. The lowest BCUT2D eigenvalue weighted by molar-refractivity contribution is -0.126. The maximum atomic E-state index is 13.5. The van der Waals surface area contributed by atoms with Crippen molar-refractivity contribution in [3.8, 4) is 11.5 Å². The third-order valence-electron chi connectivity index (χ3n) is 4.87. The molecule has 0 saturated carbocycles. The molecule has 33 heavy (non-hydrogen) atoms. The number of nitrogens with one attached hydrogen (secondary N) is 2. The summed E-state index contributed by atoms with van der Waals surface area (Å²) in [6, 6.07) is 19.7. The van der Waals surface area contributed by atoms with Crippen molar-refractivity contribution in [2.45, 2.75) is 10.6 Å². The molecule has 170 valence electrons. The second kappa shape index (κ2) is 9.14. The molecule has 1 aliphatic rings. The second-order valence-corrected chi connectivity index (χ2v) is 8.89. The normalized spacial score (nSPS) is 16.9. The first kappa shape index (κ1) is 22.7. The van der Waals surface area contributed by atoms with Crippen LogP contribution in [-0.2, 0) is 14.8 Å². The highest BCUT2D eigenvalue weighted by Crippen LogP contribution is 2.35. The van der Waals surface area contributed by atoms with Gasteiger partial charge in [-0.15, -0.1) is 0 Å². The lowest BCUT2D eigenvalue weighted by Gasteiger charge is -2.35. The van der Waals surface area contributed by atoms with E-state index in [-0.39, 0.29) is 22.4 Å². The number of hydrogen-bond acceptors (Lipinski definition) is 6. The Labute approximate surface area is 196 Å². The van der Waals surface area contributed by atoms with Gasteiger partial charge in [0.15, 0.2) is 17.6 Å². The number of rotatable bonds is 7. The average molecular weight is 486 g/mol. The number of fused-ring (bicyclic) bond motifs is 1. The number of halogens is 1. The highest BCUT2D eigenvalue weighted by Gasteiger charge is 2.42. The lowest BCUT2D eigenvalue weighted by Crippen LogP contribution is -2.54. The van der Waals surface area contributed by atoms with E-state index in [1.165, 1.54) is 18.2 Å². The molecule has 0 radical (unpaired) electrons. The molecule has 3 aromatic rings. The zero-order valence-electron chi connectivity index (χ0n) is 17.2. The number of alkyl halides is 1. The number of hydrogen-bond donors (Lipinski definition) is 3. The van der Waals surface area contributed by atoms with Crippen molar-refractivity contribution in [1.29, 1.82) is 0 Å². The van der Waals surface area contributed by atoms with Gasteiger partial charge in [0.25, 0.3) is 11.6 Å². The quantitative estimate of drug-likeness (QED) is 0.438. The van der Waals surface area contributed by atoms with Gasteiger partial charge in [-0.05, 0) is 48.0 Å². The van der Waals surface area contributed by atoms with E-state index in [1.807, 2.05) is 24.3 Å². The molecule has 4 rings (SSSR count). The van der Waals surface area contributed by atoms with Crippen LogP contribution < -0.4 is 25.2 Å². The van der Waals surface area contributed by atoms with Crippen LogP contribution in [-0.4, -0.2) is 26.1 Å². The van der Waals surface area contributed by atoms with Gasteiger partial charge in [0.2, 0.25) is 10.0 Å². The van der Waals surface area contributed by atoms with Crippen LogP contribution in [0.1, 0.15) is 5.56 Å². The van der Waals surface area contributed by atoms with Crippen LogP contribution in [0.3, 0.4) is 0 Å². The molecule has 0 saturated heterocycles. The molecule has 8 nitrogen and oxygen atoms in total. The van der Waals surface area contributed by atoms with Gasteiger partial charge in [-0.2, -0.15) is 0 Å². The summed E-state index contributed by atoms with van der Waals surface area (Å²) in [4.78, 5) is 13.4. The maximum absolute atomic E-state index is 13.5. The standard InChI is InChI=1S/C23H20ClN3O5S/c24-15-31-20-10-3-4-11-21(20)32-23(13-12-16-6-1-2-9-19(16)27-23)22(28)26-17-7-5-8-18(14-17)33(25,29)30/h1-14,27H,15H2,(H,26,28)(H2,25,29,30). The van der Waals surface area contributed by atoms with Crippen molar-refractivity contribution < 1.29 is 22.7 Å². The average Bonchev–Trinajstić information content (AvgIpc) is 2.80. The highest BCUT2D eigenvalue weighted by molar-refractivity contribution is 7.89. The van der Waals surface area contributed by atoms with E-state index in [9.17, 15) is 13.2 Å². The minimum atomic E-state index is -3.94. The number of ether oxygens (including phenoxy) is 2. The van der Waals surface area contributed by atoms with Crippen molar-refractivity contribution in [1.82, 2.24) is 0 Å². The predicted octanol–water partition coefficient (Wildman–Crippen LogP) is 3.76. The Balaban J connectivity index is 1.72. The fourth-order valence-corrected chi connectivity index (χ4v) is 3.98. The predicted molar refractivity (Wildman–Crippen MR) is 127 cm³/mol. The SMILES string of the molecule is NS(=O)(=O)c1cccc(NC(=O)C2(Oc3ccccc3OCCl)C=Cc3ccccc3N2)c1. The van der Waals surface area contributed by atoms with E-state index < -0.39 is 21.7 Å². The van der Waals surface area contributed by atoms with Crippen LogP contribution in [0.4, 0.5) is 11.4 Å². The van der Waals surface area contributed by atoms with Crippen LogP contribution >= 0.6 is 11.6 Å². The Bertz CT molecular complexity index is 1330. The second-order valence-electron chi connectivity index (χ2n) is 7.11. The van der Waals surface area contributed by atoms with Gasteiger partial charge in [-0.1, -0.05) is 54.1 Å². The van der Waals surface area contributed by atoms with Crippen molar-refractivity contribution >= 4 is 45.0 Å². The summed E-state index contributed by atoms with van der Waals surface area (Å²) in [5, 5.41) is 11.1. The summed E-state index contributed by atoms with van der Waals surface area (Å²) in [6.07, 6.45) is 3.34. The van der Waals surface area contributed by atoms with Crippen LogP contribution in [0.5, 0.6) is 11.5 Å². The molecule has 0 spiro atoms. The first-order chi connectivity index (χ1) is 15.8. The van der Waals surface area contributed by atoms with Gasteiger partial charge in [-0.3, -0.25) is 4.79 Å². The molecule has 1 amide bonds. The van der Waals surface area contributed by atoms with Crippen molar-refractivity contribution in [3.05, 3.63) is 84.4 Å². The Kier molecular flexibility index (Phi) is 6.28. The Hall–Kier alpha value is -3.53.